The van der Waals surface area contributed by atoms with E-state index in [-0.39, 0.29) is 5.91 Å². The van der Waals surface area contributed by atoms with Crippen LogP contribution in [0, 0.1) is 0 Å². The van der Waals surface area contributed by atoms with Crippen LogP contribution in [0.15, 0.2) is 73.1 Å². The molecule has 0 spiro atoms. The van der Waals surface area contributed by atoms with Crippen LogP contribution in [-0.2, 0) is 6.42 Å². The summed E-state index contributed by atoms with van der Waals surface area (Å²) in [6.07, 6.45) is 4.13. The van der Waals surface area contributed by atoms with Crippen LogP contribution >= 0.6 is 0 Å². The van der Waals surface area contributed by atoms with Crippen LogP contribution in [0.5, 0.6) is 5.75 Å². The zero-order chi connectivity index (χ0) is 17.5. The minimum Gasteiger partial charge on any atom is -0.497 e. The van der Waals surface area contributed by atoms with E-state index in [4.69, 9.17) is 4.74 Å². The fraction of sp³-hybridized carbons (Fsp3) is 0.143. The maximum atomic E-state index is 12.3. The minimum atomic E-state index is -0.112. The summed E-state index contributed by atoms with van der Waals surface area (Å²) in [4.78, 5) is 16.5. The lowest BCUT2D eigenvalue weighted by molar-refractivity contribution is 0.0954. The van der Waals surface area contributed by atoms with Crippen LogP contribution in [0.3, 0.4) is 0 Å². The highest BCUT2D eigenvalue weighted by Gasteiger charge is 2.07. The lowest BCUT2D eigenvalue weighted by atomic mass is 10.1. The van der Waals surface area contributed by atoms with Crippen molar-refractivity contribution in [3.8, 4) is 16.9 Å². The Labute approximate surface area is 147 Å². The maximum absolute atomic E-state index is 12.3. The second-order valence-electron chi connectivity index (χ2n) is 5.68. The normalized spacial score (nSPS) is 10.3. The Bertz CT molecular complexity index is 830. The quantitative estimate of drug-likeness (QED) is 0.748. The van der Waals surface area contributed by atoms with Gasteiger partial charge in [0, 0.05) is 24.5 Å². The molecule has 126 valence electrons. The van der Waals surface area contributed by atoms with E-state index in [2.05, 4.69) is 10.3 Å². The number of nitrogens with zero attached hydrogens (tertiary/aromatic N) is 1. The van der Waals surface area contributed by atoms with Gasteiger partial charge in [-0.15, -0.1) is 0 Å². The number of rotatable bonds is 6. The number of pyridine rings is 1. The molecule has 0 atom stereocenters. The van der Waals surface area contributed by atoms with Crippen LogP contribution < -0.4 is 10.1 Å². The Hall–Kier alpha value is -3.14. The zero-order valence-corrected chi connectivity index (χ0v) is 14.1. The molecule has 3 rings (SSSR count). The van der Waals surface area contributed by atoms with E-state index in [1.807, 2.05) is 60.7 Å². The largest absolute Gasteiger partial charge is 0.497 e. The number of ether oxygens (including phenoxy) is 1. The molecule has 0 unspecified atom stereocenters. The number of benzene rings is 2. The average Bonchev–Trinajstić information content (AvgIpc) is 2.69. The topological polar surface area (TPSA) is 51.2 Å². The second kappa shape index (κ2) is 8.11. The van der Waals surface area contributed by atoms with Crippen molar-refractivity contribution in [2.45, 2.75) is 6.42 Å². The van der Waals surface area contributed by atoms with Gasteiger partial charge in [0.2, 0.25) is 0 Å². The lowest BCUT2D eigenvalue weighted by Gasteiger charge is -2.07. The molecule has 1 heterocycles. The van der Waals surface area contributed by atoms with Crippen LogP contribution in [-0.4, -0.2) is 24.5 Å². The molecular weight excluding hydrogens is 312 g/mol. The van der Waals surface area contributed by atoms with Gasteiger partial charge >= 0.3 is 0 Å². The van der Waals surface area contributed by atoms with Gasteiger partial charge in [-0.25, -0.2) is 0 Å². The molecule has 1 amide bonds. The molecule has 0 saturated heterocycles. The predicted molar refractivity (Wildman–Crippen MR) is 98.7 cm³/mol. The first-order valence-corrected chi connectivity index (χ1v) is 8.18. The van der Waals surface area contributed by atoms with Crippen molar-refractivity contribution in [1.82, 2.24) is 10.3 Å². The minimum absolute atomic E-state index is 0.112. The number of hydrogen-bond donors (Lipinski definition) is 1. The standard InChI is InChI=1S/C21H20N2O2/c1-25-20-9-7-16(8-10-20)11-12-23-21(24)19-13-18(14-22-15-19)17-5-3-2-4-6-17/h2-10,13-15H,11-12H2,1H3,(H,23,24). The summed E-state index contributed by atoms with van der Waals surface area (Å²) >= 11 is 0. The molecule has 1 N–H and O–H groups in total. The Kier molecular flexibility index (Phi) is 5.42. The maximum Gasteiger partial charge on any atom is 0.252 e. The first-order valence-electron chi connectivity index (χ1n) is 8.18. The first kappa shape index (κ1) is 16.7. The highest BCUT2D eigenvalue weighted by molar-refractivity contribution is 5.95. The van der Waals surface area contributed by atoms with E-state index in [9.17, 15) is 4.79 Å². The summed E-state index contributed by atoms with van der Waals surface area (Å²) in [5.41, 5.74) is 3.69. The average molecular weight is 332 g/mol. The van der Waals surface area contributed by atoms with Crippen molar-refractivity contribution in [2.24, 2.45) is 0 Å². The van der Waals surface area contributed by atoms with E-state index in [0.29, 0.717) is 12.1 Å². The van der Waals surface area contributed by atoms with E-state index in [1.54, 1.807) is 19.5 Å². The Morgan fingerprint density at radius 3 is 2.48 bits per heavy atom. The third-order valence-electron chi connectivity index (χ3n) is 3.97. The Morgan fingerprint density at radius 1 is 1.00 bits per heavy atom. The lowest BCUT2D eigenvalue weighted by Crippen LogP contribution is -2.25. The second-order valence-corrected chi connectivity index (χ2v) is 5.68. The van der Waals surface area contributed by atoms with Crippen molar-refractivity contribution >= 4 is 5.91 Å². The highest BCUT2D eigenvalue weighted by atomic mass is 16.5. The number of amides is 1. The van der Waals surface area contributed by atoms with Gasteiger partial charge in [0.15, 0.2) is 0 Å². The van der Waals surface area contributed by atoms with Crippen molar-refractivity contribution in [2.75, 3.05) is 13.7 Å². The zero-order valence-electron chi connectivity index (χ0n) is 14.1. The van der Waals surface area contributed by atoms with E-state index < -0.39 is 0 Å². The van der Waals surface area contributed by atoms with Gasteiger partial charge in [-0.2, -0.15) is 0 Å². The summed E-state index contributed by atoms with van der Waals surface area (Å²) in [7, 11) is 1.65. The number of carbonyl (C=O) groups excluding carboxylic acids is 1. The van der Waals surface area contributed by atoms with Crippen molar-refractivity contribution < 1.29 is 9.53 Å². The highest BCUT2D eigenvalue weighted by Crippen LogP contribution is 2.18. The number of hydrogen-bond acceptors (Lipinski definition) is 3. The fourth-order valence-electron chi connectivity index (χ4n) is 2.57. The third-order valence-corrected chi connectivity index (χ3v) is 3.97. The molecule has 0 aliphatic carbocycles. The molecule has 3 aromatic rings. The van der Waals surface area contributed by atoms with Crippen molar-refractivity contribution in [3.05, 3.63) is 84.2 Å². The molecule has 1 aromatic heterocycles. The molecule has 0 aliphatic heterocycles. The molecule has 4 nitrogen and oxygen atoms in total. The monoisotopic (exact) mass is 332 g/mol. The molecule has 0 aliphatic rings. The Morgan fingerprint density at radius 2 is 1.76 bits per heavy atom. The summed E-state index contributed by atoms with van der Waals surface area (Å²) in [5, 5.41) is 2.94. The SMILES string of the molecule is COc1ccc(CCNC(=O)c2cncc(-c3ccccc3)c2)cc1. The Balaban J connectivity index is 1.59. The molecule has 25 heavy (non-hydrogen) atoms. The van der Waals surface area contributed by atoms with Gasteiger partial charge in [-0.1, -0.05) is 42.5 Å². The summed E-state index contributed by atoms with van der Waals surface area (Å²) in [6, 6.07) is 19.6. The van der Waals surface area contributed by atoms with Gasteiger partial charge in [0.05, 0.1) is 12.7 Å². The van der Waals surface area contributed by atoms with E-state index >= 15 is 0 Å². The summed E-state index contributed by atoms with van der Waals surface area (Å²) in [5.74, 6) is 0.718. The number of aromatic nitrogens is 1. The van der Waals surface area contributed by atoms with Gasteiger partial charge in [0.1, 0.15) is 5.75 Å². The van der Waals surface area contributed by atoms with Crippen LogP contribution in [0.1, 0.15) is 15.9 Å². The van der Waals surface area contributed by atoms with Gasteiger partial charge in [-0.05, 0) is 35.7 Å². The van der Waals surface area contributed by atoms with Gasteiger partial charge in [0.25, 0.3) is 5.91 Å². The third kappa shape index (κ3) is 4.44. The predicted octanol–water partition coefficient (Wildman–Crippen LogP) is 3.73. The summed E-state index contributed by atoms with van der Waals surface area (Å²) in [6.45, 7) is 0.570. The molecule has 0 fully saturated rings. The molecule has 0 bridgehead atoms. The van der Waals surface area contributed by atoms with Crippen molar-refractivity contribution in [3.63, 3.8) is 0 Å². The molecular formula is C21H20N2O2. The molecule has 0 saturated carbocycles. The number of carbonyl (C=O) groups is 1. The number of nitrogens with one attached hydrogen (secondary N) is 1. The van der Waals surface area contributed by atoms with Crippen LogP contribution in [0.2, 0.25) is 0 Å². The first-order chi connectivity index (χ1) is 12.3. The summed E-state index contributed by atoms with van der Waals surface area (Å²) < 4.78 is 5.14. The molecule has 4 heteroatoms. The molecule has 0 radical (unpaired) electrons. The number of methoxy groups -OCH3 is 1. The smallest absolute Gasteiger partial charge is 0.252 e. The van der Waals surface area contributed by atoms with E-state index in [1.165, 1.54) is 0 Å². The van der Waals surface area contributed by atoms with Gasteiger partial charge < -0.3 is 10.1 Å². The van der Waals surface area contributed by atoms with Gasteiger partial charge in [-0.3, -0.25) is 9.78 Å². The fourth-order valence-corrected chi connectivity index (χ4v) is 2.57. The van der Waals surface area contributed by atoms with E-state index in [0.717, 1.165) is 28.9 Å². The van der Waals surface area contributed by atoms with Crippen LogP contribution in [0.4, 0.5) is 0 Å². The van der Waals surface area contributed by atoms with Crippen LogP contribution in [0.25, 0.3) is 11.1 Å². The molecule has 2 aromatic carbocycles. The van der Waals surface area contributed by atoms with Crippen molar-refractivity contribution in [1.29, 1.82) is 0 Å².